The number of nitrogens with zero attached hydrogens (tertiary/aromatic N) is 2. The molecule has 42 heavy (non-hydrogen) atoms. The van der Waals surface area contributed by atoms with Gasteiger partial charge in [0.05, 0.1) is 11.8 Å². The van der Waals surface area contributed by atoms with Crippen LogP contribution in [0.25, 0.3) is 0 Å². The molecule has 2 aromatic rings. The number of rotatable bonds is 2. The van der Waals surface area contributed by atoms with Gasteiger partial charge in [0.1, 0.15) is 11.4 Å². The number of aryl methyl sites for hydroxylation is 1. The summed E-state index contributed by atoms with van der Waals surface area (Å²) in [5, 5.41) is 21.0. The van der Waals surface area contributed by atoms with E-state index in [9.17, 15) is 51.4 Å². The van der Waals surface area contributed by atoms with Crippen LogP contribution in [0.15, 0.2) is 29.8 Å². The van der Waals surface area contributed by atoms with Crippen molar-refractivity contribution in [3.63, 3.8) is 0 Å². The lowest BCUT2D eigenvalue weighted by molar-refractivity contribution is -0.173. The zero-order valence-corrected chi connectivity index (χ0v) is 22.6. The third-order valence-electron chi connectivity index (χ3n) is 8.78. The molecule has 1 saturated carbocycles. The monoisotopic (exact) mass is 630 g/mol. The van der Waals surface area contributed by atoms with E-state index in [4.69, 9.17) is 23.2 Å². The highest BCUT2D eigenvalue weighted by Gasteiger charge is 2.77. The van der Waals surface area contributed by atoms with E-state index in [0.717, 1.165) is 0 Å². The highest BCUT2D eigenvalue weighted by atomic mass is 35.5. The van der Waals surface area contributed by atoms with Crippen LogP contribution >= 0.6 is 23.2 Å². The summed E-state index contributed by atoms with van der Waals surface area (Å²) < 4.78 is 72.1. The molecule has 15 heteroatoms. The normalized spacial score (nSPS) is 32.3. The third kappa shape index (κ3) is 3.21. The summed E-state index contributed by atoms with van der Waals surface area (Å²) >= 11 is 13.8. The van der Waals surface area contributed by atoms with Gasteiger partial charge in [-0.05, 0) is 31.2 Å². The lowest BCUT2D eigenvalue weighted by atomic mass is 9.56. The van der Waals surface area contributed by atoms with Crippen LogP contribution in [0.5, 0.6) is 5.75 Å². The minimum absolute atomic E-state index is 0.0720. The van der Waals surface area contributed by atoms with Gasteiger partial charge in [-0.1, -0.05) is 29.8 Å². The molecule has 6 atom stereocenters. The number of benzene rings is 2. The van der Waals surface area contributed by atoms with Crippen LogP contribution in [-0.4, -0.2) is 48.8 Å². The van der Waals surface area contributed by atoms with Gasteiger partial charge in [0.25, 0.3) is 23.6 Å². The fraction of sp³-hybridized carbons (Fsp3) is 0.333. The van der Waals surface area contributed by atoms with Crippen molar-refractivity contribution >= 4 is 52.5 Å². The first-order valence-electron chi connectivity index (χ1n) is 12.4. The largest absolute Gasteiger partial charge is 0.507 e. The molecule has 0 spiro atoms. The number of aromatic hydroxyl groups is 1. The molecule has 8 nitrogen and oxygen atoms in total. The smallest absolute Gasteiger partial charge is 0.258 e. The molecule has 4 aliphatic rings. The van der Waals surface area contributed by atoms with Crippen LogP contribution in [0.3, 0.4) is 0 Å². The van der Waals surface area contributed by atoms with Gasteiger partial charge in [0.2, 0.25) is 5.82 Å². The number of alkyl halides is 2. The highest BCUT2D eigenvalue weighted by molar-refractivity contribution is 6.58. The average Bonchev–Trinajstić information content (AvgIpc) is 3.26. The fourth-order valence-electron chi connectivity index (χ4n) is 6.81. The Bertz CT molecular complexity index is 1670. The maximum absolute atomic E-state index is 15.0. The van der Waals surface area contributed by atoms with Crippen molar-refractivity contribution in [2.45, 2.75) is 35.4 Å². The summed E-state index contributed by atoms with van der Waals surface area (Å²) in [6, 6.07) is 4.27. The molecule has 6 rings (SSSR count). The van der Waals surface area contributed by atoms with Gasteiger partial charge in [0, 0.05) is 11.5 Å². The predicted octanol–water partition coefficient (Wildman–Crippen LogP) is 4.35. The molecule has 0 bridgehead atoms. The van der Waals surface area contributed by atoms with E-state index in [1.54, 1.807) is 0 Å². The topological polar surface area (TPSA) is 115 Å². The van der Waals surface area contributed by atoms with Crippen LogP contribution in [-0.2, 0) is 19.2 Å². The number of phenols is 1. The lowest BCUT2D eigenvalue weighted by Gasteiger charge is -2.50. The number of para-hydroxylation sites is 1. The van der Waals surface area contributed by atoms with Crippen LogP contribution in [0.4, 0.5) is 27.6 Å². The first-order valence-corrected chi connectivity index (χ1v) is 13.2. The minimum atomic E-state index is -2.74. The molecule has 0 radical (unpaired) electrons. The summed E-state index contributed by atoms with van der Waals surface area (Å²) in [5.74, 6) is -23.3. The number of hydroxylamine groups is 2. The first-order chi connectivity index (χ1) is 19.6. The van der Waals surface area contributed by atoms with E-state index in [0.29, 0.717) is 0 Å². The van der Waals surface area contributed by atoms with Crippen molar-refractivity contribution in [3.8, 4) is 5.75 Å². The summed E-state index contributed by atoms with van der Waals surface area (Å²) in [6.07, 6.45) is 0.604. The van der Waals surface area contributed by atoms with Crippen molar-refractivity contribution in [2.75, 3.05) is 4.90 Å². The van der Waals surface area contributed by atoms with Crippen molar-refractivity contribution in [1.82, 2.24) is 5.06 Å². The predicted molar refractivity (Wildman–Crippen MR) is 133 cm³/mol. The van der Waals surface area contributed by atoms with Crippen molar-refractivity contribution in [1.29, 1.82) is 0 Å². The second-order valence-electron chi connectivity index (χ2n) is 10.7. The van der Waals surface area contributed by atoms with Gasteiger partial charge in [0.15, 0.2) is 33.0 Å². The van der Waals surface area contributed by atoms with Gasteiger partial charge in [-0.25, -0.2) is 26.9 Å². The first kappa shape index (κ1) is 28.6. The number of fused-ring (bicyclic) bond motifs is 4. The molecule has 4 amide bonds. The number of halogens is 7. The summed E-state index contributed by atoms with van der Waals surface area (Å²) in [5.41, 5.74) is -1.57. The van der Waals surface area contributed by atoms with Gasteiger partial charge in [-0.2, -0.15) is 5.06 Å². The van der Waals surface area contributed by atoms with E-state index < -0.39 is 104 Å². The standard InChI is InChI=1S/C27H17Cl2F5N2O6/c1-8-3-2-4-11(21(8)37)14-9-5-6-10-13(23(39)36(42)22(10)38)12(9)7-26(28)24(40)35(25(41)27(14,26)29)20-18(33)16(31)15(30)17(32)19(20)34/h2-5,10,12-14,37,42H,6-7H2,1H3. The molecule has 2 aliphatic heterocycles. The molecule has 6 unspecified atom stereocenters. The Morgan fingerprint density at radius 1 is 0.881 bits per heavy atom. The zero-order chi connectivity index (χ0) is 30.8. The maximum atomic E-state index is 15.0. The van der Waals surface area contributed by atoms with E-state index in [-0.39, 0.29) is 33.1 Å². The Kier molecular flexibility index (Phi) is 6.11. The molecule has 220 valence electrons. The fourth-order valence-corrected chi connectivity index (χ4v) is 7.74. The molecular formula is C27H17Cl2F5N2O6. The highest BCUT2D eigenvalue weighted by Crippen LogP contribution is 2.66. The minimum Gasteiger partial charge on any atom is -0.507 e. The molecule has 2 N–H and O–H groups in total. The number of carbonyl (C=O) groups is 4. The van der Waals surface area contributed by atoms with E-state index in [2.05, 4.69) is 0 Å². The Labute approximate surface area is 242 Å². The van der Waals surface area contributed by atoms with Crippen molar-refractivity contribution < 1.29 is 51.4 Å². The van der Waals surface area contributed by atoms with Gasteiger partial charge in [-0.3, -0.25) is 24.4 Å². The number of phenolic OH excluding ortho intramolecular Hbond substituents is 1. The number of hydrogen-bond donors (Lipinski definition) is 2. The lowest BCUT2D eigenvalue weighted by Crippen LogP contribution is -2.60. The van der Waals surface area contributed by atoms with Gasteiger partial charge < -0.3 is 5.11 Å². The quantitative estimate of drug-likeness (QED) is 0.0970. The van der Waals surface area contributed by atoms with E-state index >= 15 is 0 Å². The van der Waals surface area contributed by atoms with Crippen LogP contribution in [0, 0.1) is 53.8 Å². The number of carbonyl (C=O) groups excluding carboxylic acids is 4. The van der Waals surface area contributed by atoms with Crippen molar-refractivity contribution in [3.05, 3.63) is 70.1 Å². The SMILES string of the molecule is Cc1cccc(C2C3=CCC4C(=O)N(O)C(=O)C4C3CC3(Cl)C(=O)N(c4c(F)c(F)c(F)c(F)c4F)C(=O)C23Cl)c1O. The Morgan fingerprint density at radius 3 is 2.10 bits per heavy atom. The summed E-state index contributed by atoms with van der Waals surface area (Å²) in [6.45, 7) is 1.49. The molecule has 2 aromatic carbocycles. The number of hydrogen-bond acceptors (Lipinski definition) is 6. The molecule has 2 saturated heterocycles. The molecule has 3 fully saturated rings. The Balaban J connectivity index is 1.64. The average molecular weight is 631 g/mol. The van der Waals surface area contributed by atoms with Crippen LogP contribution in [0.2, 0.25) is 0 Å². The number of imide groups is 2. The van der Waals surface area contributed by atoms with Crippen LogP contribution in [0.1, 0.15) is 29.9 Å². The van der Waals surface area contributed by atoms with Gasteiger partial charge in [-0.15, -0.1) is 23.2 Å². The van der Waals surface area contributed by atoms with Crippen LogP contribution < -0.4 is 4.90 Å². The van der Waals surface area contributed by atoms with E-state index in [1.165, 1.54) is 31.2 Å². The molecule has 0 aromatic heterocycles. The number of amides is 4. The zero-order valence-electron chi connectivity index (χ0n) is 21.1. The van der Waals surface area contributed by atoms with E-state index in [1.807, 2.05) is 0 Å². The number of allylic oxidation sites excluding steroid dienone is 2. The maximum Gasteiger partial charge on any atom is 0.258 e. The second-order valence-corrected chi connectivity index (χ2v) is 11.9. The summed E-state index contributed by atoms with van der Waals surface area (Å²) in [4.78, 5) is 47.8. The van der Waals surface area contributed by atoms with Crippen molar-refractivity contribution in [2.24, 2.45) is 17.8 Å². The Hall–Kier alpha value is -3.55. The molecule has 2 aliphatic carbocycles. The number of anilines is 1. The van der Waals surface area contributed by atoms with Gasteiger partial charge >= 0.3 is 0 Å². The molecular weight excluding hydrogens is 614 g/mol. The molecule has 2 heterocycles. The third-order valence-corrected chi connectivity index (χ3v) is 10.2. The summed E-state index contributed by atoms with van der Waals surface area (Å²) in [7, 11) is 0. The second kappa shape index (κ2) is 8.98. The Morgan fingerprint density at radius 2 is 1.48 bits per heavy atom.